The molecule has 3 rings (SSSR count). The minimum Gasteiger partial charge on any atom is -0.393 e. The van der Waals surface area contributed by atoms with Gasteiger partial charge in [-0.2, -0.15) is 5.26 Å². The molecular formula is C19H20N4O3. The van der Waals surface area contributed by atoms with Crippen LogP contribution in [0.1, 0.15) is 34.3 Å². The smallest absolute Gasteiger partial charge is 0.260 e. The highest BCUT2D eigenvalue weighted by Crippen LogP contribution is 2.25. The average Bonchev–Trinajstić information content (AvgIpc) is 2.67. The molecule has 1 saturated heterocycles. The Kier molecular flexibility index (Phi) is 5.34. The van der Waals surface area contributed by atoms with Gasteiger partial charge in [0.05, 0.1) is 17.7 Å². The number of benzene rings is 1. The van der Waals surface area contributed by atoms with Crippen molar-refractivity contribution in [1.29, 1.82) is 5.26 Å². The van der Waals surface area contributed by atoms with Crippen LogP contribution in [0.15, 0.2) is 41.3 Å². The molecule has 0 saturated carbocycles. The molecular weight excluding hydrogens is 332 g/mol. The lowest BCUT2D eigenvalue weighted by molar-refractivity contribution is 0.0949. The van der Waals surface area contributed by atoms with Crippen molar-refractivity contribution in [2.75, 3.05) is 18.0 Å². The molecule has 134 valence electrons. The van der Waals surface area contributed by atoms with Crippen molar-refractivity contribution < 1.29 is 9.90 Å². The molecule has 0 bridgehead atoms. The molecule has 26 heavy (non-hydrogen) atoms. The number of anilines is 1. The molecule has 7 heteroatoms. The number of nitrogens with zero attached hydrogens (tertiary/aromatic N) is 2. The molecule has 3 N–H and O–H groups in total. The van der Waals surface area contributed by atoms with Crippen molar-refractivity contribution in [1.82, 2.24) is 10.3 Å². The third-order valence-corrected chi connectivity index (χ3v) is 4.52. The van der Waals surface area contributed by atoms with E-state index >= 15 is 0 Å². The van der Waals surface area contributed by atoms with Gasteiger partial charge in [0, 0.05) is 31.5 Å². The van der Waals surface area contributed by atoms with Crippen LogP contribution in [0.25, 0.3) is 0 Å². The van der Waals surface area contributed by atoms with E-state index in [1.165, 1.54) is 12.3 Å². The maximum atomic E-state index is 12.3. The van der Waals surface area contributed by atoms with Gasteiger partial charge in [-0.05, 0) is 48.7 Å². The molecule has 1 aliphatic rings. The third-order valence-electron chi connectivity index (χ3n) is 4.52. The zero-order valence-electron chi connectivity index (χ0n) is 14.2. The third kappa shape index (κ3) is 3.92. The summed E-state index contributed by atoms with van der Waals surface area (Å²) < 4.78 is 0. The van der Waals surface area contributed by atoms with Gasteiger partial charge in [-0.1, -0.05) is 0 Å². The van der Waals surface area contributed by atoms with Gasteiger partial charge in [-0.15, -0.1) is 0 Å². The summed E-state index contributed by atoms with van der Waals surface area (Å²) in [7, 11) is 0. The number of carbonyl (C=O) groups is 1. The minimum atomic E-state index is -0.464. The first-order chi connectivity index (χ1) is 12.6. The first-order valence-electron chi connectivity index (χ1n) is 8.50. The predicted octanol–water partition coefficient (Wildman–Crippen LogP) is 1.14. The monoisotopic (exact) mass is 352 g/mol. The van der Waals surface area contributed by atoms with Gasteiger partial charge in [-0.3, -0.25) is 9.59 Å². The number of aromatic amines is 1. The van der Waals surface area contributed by atoms with Crippen LogP contribution in [0, 0.1) is 11.3 Å². The minimum absolute atomic E-state index is 0.0478. The highest BCUT2D eigenvalue weighted by atomic mass is 16.3. The Labute approximate surface area is 150 Å². The largest absolute Gasteiger partial charge is 0.393 e. The molecule has 1 aromatic carbocycles. The van der Waals surface area contributed by atoms with E-state index in [2.05, 4.69) is 21.3 Å². The fourth-order valence-corrected chi connectivity index (χ4v) is 3.08. The van der Waals surface area contributed by atoms with Crippen molar-refractivity contribution in [2.45, 2.75) is 25.5 Å². The Morgan fingerprint density at radius 3 is 2.81 bits per heavy atom. The molecule has 0 aliphatic carbocycles. The Hall–Kier alpha value is -3.11. The van der Waals surface area contributed by atoms with Crippen LogP contribution in [-0.4, -0.2) is 35.2 Å². The molecule has 7 nitrogen and oxygen atoms in total. The second-order valence-corrected chi connectivity index (χ2v) is 6.27. The summed E-state index contributed by atoms with van der Waals surface area (Å²) in [4.78, 5) is 28.6. The summed E-state index contributed by atoms with van der Waals surface area (Å²) in [6.45, 7) is 1.63. The topological polar surface area (TPSA) is 109 Å². The number of aromatic nitrogens is 1. The van der Waals surface area contributed by atoms with Crippen molar-refractivity contribution >= 4 is 11.6 Å². The molecule has 1 amide bonds. The maximum absolute atomic E-state index is 12.3. The second kappa shape index (κ2) is 7.85. The van der Waals surface area contributed by atoms with E-state index in [-0.39, 0.29) is 18.2 Å². The summed E-state index contributed by atoms with van der Waals surface area (Å²) in [6.07, 6.45) is 2.56. The Morgan fingerprint density at radius 2 is 2.12 bits per heavy atom. The zero-order valence-corrected chi connectivity index (χ0v) is 14.2. The number of rotatable bonds is 4. The molecule has 1 fully saturated rings. The SMILES string of the molecule is N#Cc1ccc(N2CCC(O)CC2)c(CNC(=O)c2ccc[nH]c2=O)c1. The lowest BCUT2D eigenvalue weighted by Gasteiger charge is -2.33. The Bertz CT molecular complexity index is 892. The van der Waals surface area contributed by atoms with Gasteiger partial charge in [-0.25, -0.2) is 0 Å². The normalized spacial score (nSPS) is 14.7. The fraction of sp³-hybridized carbons (Fsp3) is 0.316. The molecule has 1 aliphatic heterocycles. The molecule has 0 atom stereocenters. The molecule has 2 heterocycles. The van der Waals surface area contributed by atoms with E-state index in [4.69, 9.17) is 5.26 Å². The molecule has 0 unspecified atom stereocenters. The number of nitrogens with one attached hydrogen (secondary N) is 2. The van der Waals surface area contributed by atoms with E-state index in [0.29, 0.717) is 31.5 Å². The quantitative estimate of drug-likeness (QED) is 0.764. The number of nitriles is 1. The van der Waals surface area contributed by atoms with E-state index in [9.17, 15) is 14.7 Å². The van der Waals surface area contributed by atoms with E-state index in [0.717, 1.165) is 11.3 Å². The molecule has 0 spiro atoms. The number of aliphatic hydroxyl groups excluding tert-OH is 1. The first kappa shape index (κ1) is 17.7. The van der Waals surface area contributed by atoms with Gasteiger partial charge < -0.3 is 20.3 Å². The standard InChI is InChI=1S/C19H20N4O3/c20-11-13-3-4-17(23-8-5-15(24)6-9-23)14(10-13)12-22-19(26)16-2-1-7-21-18(16)25/h1-4,7,10,15,24H,5-6,8-9,12H2,(H,21,25)(H,22,26). The number of carbonyl (C=O) groups excluding carboxylic acids is 1. The summed E-state index contributed by atoms with van der Waals surface area (Å²) >= 11 is 0. The lowest BCUT2D eigenvalue weighted by atomic mass is 10.0. The van der Waals surface area contributed by atoms with Gasteiger partial charge in [0.2, 0.25) is 0 Å². The average molecular weight is 352 g/mol. The molecule has 0 radical (unpaired) electrons. The maximum Gasteiger partial charge on any atom is 0.260 e. The Balaban J connectivity index is 1.80. The lowest BCUT2D eigenvalue weighted by Crippen LogP contribution is -2.37. The summed E-state index contributed by atoms with van der Waals surface area (Å²) in [6, 6.07) is 10.5. The highest BCUT2D eigenvalue weighted by Gasteiger charge is 2.20. The number of H-pyrrole nitrogens is 1. The van der Waals surface area contributed by atoms with Gasteiger partial charge in [0.1, 0.15) is 5.56 Å². The van der Waals surface area contributed by atoms with Crippen LogP contribution in [0.2, 0.25) is 0 Å². The Morgan fingerprint density at radius 1 is 1.35 bits per heavy atom. The summed E-state index contributed by atoms with van der Waals surface area (Å²) in [5, 5.41) is 21.6. The summed E-state index contributed by atoms with van der Waals surface area (Å²) in [5.41, 5.74) is 1.85. The van der Waals surface area contributed by atoms with Gasteiger partial charge in [0.15, 0.2) is 0 Å². The van der Waals surface area contributed by atoms with Crippen molar-refractivity contribution in [3.05, 3.63) is 63.6 Å². The van der Waals surface area contributed by atoms with Crippen molar-refractivity contribution in [2.24, 2.45) is 0 Å². The number of piperidine rings is 1. The van der Waals surface area contributed by atoms with Crippen LogP contribution in [-0.2, 0) is 6.54 Å². The van der Waals surface area contributed by atoms with Crippen molar-refractivity contribution in [3.63, 3.8) is 0 Å². The number of aliphatic hydroxyl groups is 1. The van der Waals surface area contributed by atoms with Gasteiger partial charge >= 0.3 is 0 Å². The van der Waals surface area contributed by atoms with E-state index in [1.807, 2.05) is 6.07 Å². The number of amides is 1. The van der Waals surface area contributed by atoms with Gasteiger partial charge in [0.25, 0.3) is 11.5 Å². The van der Waals surface area contributed by atoms with E-state index < -0.39 is 11.5 Å². The first-order valence-corrected chi connectivity index (χ1v) is 8.50. The fourth-order valence-electron chi connectivity index (χ4n) is 3.08. The highest BCUT2D eigenvalue weighted by molar-refractivity contribution is 5.93. The number of hydrogen-bond donors (Lipinski definition) is 3. The molecule has 2 aromatic rings. The molecule has 1 aromatic heterocycles. The van der Waals surface area contributed by atoms with Crippen LogP contribution in [0.3, 0.4) is 0 Å². The van der Waals surface area contributed by atoms with E-state index in [1.54, 1.807) is 18.2 Å². The second-order valence-electron chi connectivity index (χ2n) is 6.27. The number of hydrogen-bond acceptors (Lipinski definition) is 5. The van der Waals surface area contributed by atoms with Crippen LogP contribution in [0.4, 0.5) is 5.69 Å². The van der Waals surface area contributed by atoms with Crippen molar-refractivity contribution in [3.8, 4) is 6.07 Å². The van der Waals surface area contributed by atoms with Crippen LogP contribution >= 0.6 is 0 Å². The predicted molar refractivity (Wildman–Crippen MR) is 96.8 cm³/mol. The van der Waals surface area contributed by atoms with Crippen LogP contribution in [0.5, 0.6) is 0 Å². The van der Waals surface area contributed by atoms with Crippen LogP contribution < -0.4 is 15.8 Å². The number of pyridine rings is 1. The zero-order chi connectivity index (χ0) is 18.5. The summed E-state index contributed by atoms with van der Waals surface area (Å²) in [5.74, 6) is -0.464.